The van der Waals surface area contributed by atoms with Gasteiger partial charge in [-0.3, -0.25) is 4.99 Å². The number of hydrogen-bond donors (Lipinski definition) is 2. The molecule has 0 atom stereocenters. The predicted molar refractivity (Wildman–Crippen MR) is 86.0 cm³/mol. The highest BCUT2D eigenvalue weighted by Crippen LogP contribution is 2.18. The first-order valence-corrected chi connectivity index (χ1v) is 6.65. The van der Waals surface area contributed by atoms with Gasteiger partial charge in [-0.25, -0.2) is 4.98 Å². The predicted octanol–water partition coefficient (Wildman–Crippen LogP) is 2.73. The number of thiazole rings is 1. The van der Waals surface area contributed by atoms with E-state index in [2.05, 4.69) is 20.6 Å². The zero-order chi connectivity index (χ0) is 14.3. The largest absolute Gasteiger partial charge is 0.390 e. The molecule has 0 aromatic carbocycles. The molecule has 0 aliphatic rings. The normalized spacial score (nSPS) is 11.9. The zero-order valence-corrected chi connectivity index (χ0v) is 14.4. The molecule has 1 aromatic heterocycles. The number of aromatic nitrogens is 1. The van der Waals surface area contributed by atoms with E-state index in [9.17, 15) is 13.2 Å². The Morgan fingerprint density at radius 1 is 1.35 bits per heavy atom. The highest BCUT2D eigenvalue weighted by Gasteiger charge is 2.26. The lowest BCUT2D eigenvalue weighted by Crippen LogP contribution is -2.39. The minimum atomic E-state index is -4.15. The van der Waals surface area contributed by atoms with Gasteiger partial charge in [-0.15, -0.1) is 35.3 Å². The third-order valence-corrected chi connectivity index (χ3v) is 3.20. The average Bonchev–Trinajstić information content (AvgIpc) is 2.71. The lowest BCUT2D eigenvalue weighted by molar-refractivity contribution is -0.132. The number of nitrogens with zero attached hydrogens (tertiary/aromatic N) is 2. The SMILES string of the molecule is CN=C(NCCc1ncc(C)s1)NCCC(F)(F)F.I. The summed E-state index contributed by atoms with van der Waals surface area (Å²) in [7, 11) is 1.52. The maximum atomic E-state index is 12.0. The number of halogens is 4. The third kappa shape index (κ3) is 8.56. The summed E-state index contributed by atoms with van der Waals surface area (Å²) < 4.78 is 35.9. The summed E-state index contributed by atoms with van der Waals surface area (Å²) in [5.74, 6) is 0.373. The Bertz CT molecular complexity index is 420. The van der Waals surface area contributed by atoms with Crippen LogP contribution in [-0.2, 0) is 6.42 Å². The van der Waals surface area contributed by atoms with Crippen molar-refractivity contribution < 1.29 is 13.2 Å². The van der Waals surface area contributed by atoms with Crippen LogP contribution in [0.1, 0.15) is 16.3 Å². The van der Waals surface area contributed by atoms with Gasteiger partial charge in [-0.2, -0.15) is 13.2 Å². The Morgan fingerprint density at radius 2 is 2.00 bits per heavy atom. The van der Waals surface area contributed by atoms with Crippen molar-refractivity contribution in [2.45, 2.75) is 25.9 Å². The number of alkyl halides is 3. The van der Waals surface area contributed by atoms with Gasteiger partial charge in [-0.1, -0.05) is 0 Å². The van der Waals surface area contributed by atoms with Crippen molar-refractivity contribution in [3.63, 3.8) is 0 Å². The zero-order valence-electron chi connectivity index (χ0n) is 11.3. The fourth-order valence-corrected chi connectivity index (χ4v) is 2.13. The van der Waals surface area contributed by atoms with Crippen molar-refractivity contribution in [3.8, 4) is 0 Å². The number of nitrogens with one attached hydrogen (secondary N) is 2. The van der Waals surface area contributed by atoms with Crippen LogP contribution >= 0.6 is 35.3 Å². The first kappa shape index (κ1) is 19.4. The molecule has 0 saturated heterocycles. The van der Waals surface area contributed by atoms with Gasteiger partial charge in [0.15, 0.2) is 5.96 Å². The number of aryl methyl sites for hydroxylation is 1. The summed E-state index contributed by atoms with van der Waals surface area (Å²) in [5.41, 5.74) is 0. The molecular formula is C11H18F3IN4S. The molecule has 116 valence electrons. The quantitative estimate of drug-likeness (QED) is 0.436. The third-order valence-electron chi connectivity index (χ3n) is 2.22. The van der Waals surface area contributed by atoms with Crippen LogP contribution in [0.15, 0.2) is 11.2 Å². The van der Waals surface area contributed by atoms with Gasteiger partial charge in [0, 0.05) is 37.6 Å². The van der Waals surface area contributed by atoms with Crippen molar-refractivity contribution in [3.05, 3.63) is 16.1 Å². The minimum Gasteiger partial charge on any atom is -0.356 e. The Morgan fingerprint density at radius 3 is 2.50 bits per heavy atom. The summed E-state index contributed by atoms with van der Waals surface area (Å²) in [4.78, 5) is 9.20. The second kappa shape index (κ2) is 9.37. The number of aliphatic imine (C=N–C) groups is 1. The second-order valence-electron chi connectivity index (χ2n) is 3.91. The first-order chi connectivity index (χ1) is 8.90. The molecule has 2 N–H and O–H groups in total. The van der Waals surface area contributed by atoms with Crippen LogP contribution in [-0.4, -0.2) is 37.3 Å². The van der Waals surface area contributed by atoms with E-state index < -0.39 is 12.6 Å². The molecule has 1 rings (SSSR count). The molecule has 1 aromatic rings. The van der Waals surface area contributed by atoms with Gasteiger partial charge in [0.25, 0.3) is 0 Å². The maximum absolute atomic E-state index is 12.0. The highest BCUT2D eigenvalue weighted by atomic mass is 127. The van der Waals surface area contributed by atoms with Crippen LogP contribution in [0.2, 0.25) is 0 Å². The number of hydrogen-bond acceptors (Lipinski definition) is 3. The number of guanidine groups is 1. The Hall–Kier alpha value is -0.580. The fourth-order valence-electron chi connectivity index (χ4n) is 1.35. The summed E-state index contributed by atoms with van der Waals surface area (Å²) in [6.45, 7) is 2.38. The molecule has 0 unspecified atom stereocenters. The summed E-state index contributed by atoms with van der Waals surface area (Å²) in [6, 6.07) is 0. The second-order valence-corrected chi connectivity index (χ2v) is 5.22. The minimum absolute atomic E-state index is 0. The summed E-state index contributed by atoms with van der Waals surface area (Å²) in [5, 5.41) is 6.57. The van der Waals surface area contributed by atoms with Crippen molar-refractivity contribution in [1.29, 1.82) is 0 Å². The smallest absolute Gasteiger partial charge is 0.356 e. The van der Waals surface area contributed by atoms with Crippen molar-refractivity contribution in [2.75, 3.05) is 20.1 Å². The molecular weight excluding hydrogens is 404 g/mol. The molecule has 0 spiro atoms. The highest BCUT2D eigenvalue weighted by molar-refractivity contribution is 14.0. The van der Waals surface area contributed by atoms with E-state index in [1.54, 1.807) is 17.5 Å². The molecule has 0 radical (unpaired) electrons. The molecule has 1 heterocycles. The average molecular weight is 422 g/mol. The lowest BCUT2D eigenvalue weighted by atomic mass is 10.4. The van der Waals surface area contributed by atoms with Crippen LogP contribution < -0.4 is 10.6 Å². The molecule has 0 saturated carbocycles. The Balaban J connectivity index is 0.00000361. The van der Waals surface area contributed by atoms with Crippen molar-refractivity contribution in [2.24, 2.45) is 4.99 Å². The van der Waals surface area contributed by atoms with Crippen LogP contribution in [0.25, 0.3) is 0 Å². The van der Waals surface area contributed by atoms with Gasteiger partial charge in [0.05, 0.1) is 11.4 Å². The van der Waals surface area contributed by atoms with Gasteiger partial charge in [0.1, 0.15) is 0 Å². The van der Waals surface area contributed by atoms with Crippen molar-refractivity contribution in [1.82, 2.24) is 15.6 Å². The monoisotopic (exact) mass is 422 g/mol. The number of rotatable bonds is 5. The van der Waals surface area contributed by atoms with Gasteiger partial charge in [-0.05, 0) is 6.92 Å². The Kier molecular flexibility index (Phi) is 9.10. The van der Waals surface area contributed by atoms with E-state index in [1.165, 1.54) is 7.05 Å². The van der Waals surface area contributed by atoms with Crippen molar-refractivity contribution >= 4 is 41.3 Å². The van der Waals surface area contributed by atoms with Crippen LogP contribution in [0.4, 0.5) is 13.2 Å². The molecule has 0 bridgehead atoms. The maximum Gasteiger partial charge on any atom is 0.390 e. The van der Waals surface area contributed by atoms with Gasteiger partial charge < -0.3 is 10.6 Å². The molecule has 0 aliphatic carbocycles. The van der Waals surface area contributed by atoms with Crippen LogP contribution in [0.5, 0.6) is 0 Å². The molecule has 0 aliphatic heterocycles. The van der Waals surface area contributed by atoms with E-state index in [4.69, 9.17) is 0 Å². The molecule has 4 nitrogen and oxygen atoms in total. The Labute approximate surface area is 137 Å². The van der Waals surface area contributed by atoms with E-state index in [1.807, 2.05) is 6.92 Å². The van der Waals surface area contributed by atoms with Crippen LogP contribution in [0.3, 0.4) is 0 Å². The van der Waals surface area contributed by atoms with E-state index in [0.29, 0.717) is 12.5 Å². The van der Waals surface area contributed by atoms with Gasteiger partial charge >= 0.3 is 6.18 Å². The summed E-state index contributed by atoms with van der Waals surface area (Å²) in [6.07, 6.45) is -2.50. The molecule has 0 fully saturated rings. The fraction of sp³-hybridized carbons (Fsp3) is 0.636. The topological polar surface area (TPSA) is 49.3 Å². The molecule has 20 heavy (non-hydrogen) atoms. The van der Waals surface area contributed by atoms with Gasteiger partial charge in [0.2, 0.25) is 0 Å². The van der Waals surface area contributed by atoms with E-state index >= 15 is 0 Å². The molecule has 9 heteroatoms. The standard InChI is InChI=1S/C11H17F3N4S.HI/c1-8-7-18-9(19-8)3-5-16-10(15-2)17-6-4-11(12,13)14;/h7H,3-6H2,1-2H3,(H2,15,16,17);1H. The van der Waals surface area contributed by atoms with E-state index in [0.717, 1.165) is 16.3 Å². The lowest BCUT2D eigenvalue weighted by Gasteiger charge is -2.12. The van der Waals surface area contributed by atoms with E-state index in [-0.39, 0.29) is 30.5 Å². The molecule has 0 amide bonds. The first-order valence-electron chi connectivity index (χ1n) is 5.83. The summed E-state index contributed by atoms with van der Waals surface area (Å²) >= 11 is 1.61. The van der Waals surface area contributed by atoms with Crippen LogP contribution in [0, 0.1) is 6.92 Å².